The molecule has 2 heterocycles. The van der Waals surface area contributed by atoms with Crippen LogP contribution in [0.4, 0.5) is 0 Å². The molecule has 2 aliphatic rings. The zero-order valence-electron chi connectivity index (χ0n) is 37.0. The van der Waals surface area contributed by atoms with Crippen LogP contribution < -0.4 is 0 Å². The monoisotopic (exact) mass is 769 g/mol. The molecule has 7 nitrogen and oxygen atoms in total. The number of aliphatic hydroxyl groups excluding tert-OH is 1. The maximum absolute atomic E-state index is 12.5. The van der Waals surface area contributed by atoms with E-state index in [1.54, 1.807) is 0 Å². The Hall–Kier alpha value is -0.730. The lowest BCUT2D eigenvalue weighted by atomic mass is 10.0. The van der Waals surface area contributed by atoms with Crippen LogP contribution in [0.1, 0.15) is 248 Å². The molecule has 2 aliphatic heterocycles. The van der Waals surface area contributed by atoms with Crippen molar-refractivity contribution in [3.8, 4) is 0 Å². The summed E-state index contributed by atoms with van der Waals surface area (Å²) in [4.78, 5) is 12.5. The van der Waals surface area contributed by atoms with Gasteiger partial charge in [0.25, 0.3) is 0 Å². The summed E-state index contributed by atoms with van der Waals surface area (Å²) >= 11 is 0. The number of hydrogen-bond acceptors (Lipinski definition) is 7. The molecule has 0 amide bonds. The number of esters is 1. The Labute approximate surface area is 335 Å². The predicted molar refractivity (Wildman–Crippen MR) is 226 cm³/mol. The van der Waals surface area contributed by atoms with Gasteiger partial charge in [-0.05, 0) is 91.9 Å². The van der Waals surface area contributed by atoms with E-state index in [4.69, 9.17) is 23.7 Å². The van der Waals surface area contributed by atoms with Crippen LogP contribution >= 0.6 is 0 Å². The van der Waals surface area contributed by atoms with Gasteiger partial charge in [0.15, 0.2) is 11.6 Å². The van der Waals surface area contributed by atoms with Gasteiger partial charge in [0, 0.05) is 6.42 Å². The number of aliphatic hydroxyl groups is 1. The third-order valence-electron chi connectivity index (χ3n) is 11.1. The minimum absolute atomic E-state index is 0.0112. The second-order valence-corrected chi connectivity index (χ2v) is 17.6. The topological polar surface area (TPSA) is 83.5 Å². The van der Waals surface area contributed by atoms with Gasteiger partial charge in [-0.1, -0.05) is 149 Å². The first-order chi connectivity index (χ1) is 26.0. The van der Waals surface area contributed by atoms with Gasteiger partial charge < -0.3 is 28.8 Å². The van der Waals surface area contributed by atoms with E-state index in [1.165, 1.54) is 122 Å². The third kappa shape index (κ3) is 30.4. The summed E-state index contributed by atoms with van der Waals surface area (Å²) in [5.41, 5.74) is 0. The Morgan fingerprint density at radius 1 is 0.537 bits per heavy atom. The van der Waals surface area contributed by atoms with E-state index in [0.717, 1.165) is 70.6 Å². The second kappa shape index (κ2) is 33.3. The molecule has 0 bridgehead atoms. The quantitative estimate of drug-likeness (QED) is 0.0515. The van der Waals surface area contributed by atoms with Crippen molar-refractivity contribution in [2.24, 2.45) is 0 Å². The highest BCUT2D eigenvalue weighted by molar-refractivity contribution is 5.69. The van der Waals surface area contributed by atoms with Crippen molar-refractivity contribution in [1.82, 2.24) is 0 Å². The molecule has 322 valence electrons. The number of hydrogen-bond donors (Lipinski definition) is 1. The molecule has 0 aromatic heterocycles. The molecule has 2 rings (SSSR count). The van der Waals surface area contributed by atoms with Gasteiger partial charge in [-0.2, -0.15) is 0 Å². The van der Waals surface area contributed by atoms with Crippen molar-refractivity contribution >= 4 is 5.97 Å². The van der Waals surface area contributed by atoms with Crippen molar-refractivity contribution in [3.63, 3.8) is 0 Å². The summed E-state index contributed by atoms with van der Waals surface area (Å²) in [5.74, 6) is -0.858. The van der Waals surface area contributed by atoms with Crippen LogP contribution in [0.15, 0.2) is 0 Å². The maximum Gasteiger partial charge on any atom is 0.306 e. The number of carbonyl (C=O) groups excluding carboxylic acids is 1. The van der Waals surface area contributed by atoms with Crippen LogP contribution in [0.2, 0.25) is 0 Å². The molecular formula is C47H92O7. The summed E-state index contributed by atoms with van der Waals surface area (Å²) in [7, 11) is 0. The summed E-state index contributed by atoms with van der Waals surface area (Å²) in [6.45, 7) is 16.0. The second-order valence-electron chi connectivity index (χ2n) is 17.6. The average molecular weight is 769 g/mol. The highest BCUT2D eigenvalue weighted by Crippen LogP contribution is 2.27. The molecule has 0 aromatic rings. The first kappa shape index (κ1) is 51.3. The first-order valence-electron chi connectivity index (χ1n) is 23.5. The Morgan fingerprint density at radius 3 is 1.31 bits per heavy atom. The zero-order valence-corrected chi connectivity index (χ0v) is 37.0. The van der Waals surface area contributed by atoms with E-state index in [1.807, 2.05) is 27.7 Å². The highest BCUT2D eigenvalue weighted by Gasteiger charge is 2.33. The lowest BCUT2D eigenvalue weighted by Gasteiger charge is -2.20. The molecule has 54 heavy (non-hydrogen) atoms. The SMILES string of the molecule is CCCCCCCCC(O)CCC[C@H]1COC(C)(C)O1.CCCCCCCCCCCCC(=O)OC(CCCCCCCC)CCC[C@H]1COC(C)(C)O1. The van der Waals surface area contributed by atoms with Crippen LogP contribution in [0, 0.1) is 0 Å². The first-order valence-corrected chi connectivity index (χ1v) is 23.5. The van der Waals surface area contributed by atoms with Gasteiger partial charge >= 0.3 is 5.97 Å². The van der Waals surface area contributed by atoms with E-state index in [9.17, 15) is 9.90 Å². The molecule has 0 spiro atoms. The Kier molecular flexibility index (Phi) is 31.6. The molecule has 1 N–H and O–H groups in total. The molecule has 7 heteroatoms. The van der Waals surface area contributed by atoms with Crippen molar-refractivity contribution in [2.45, 2.75) is 284 Å². The largest absolute Gasteiger partial charge is 0.462 e. The van der Waals surface area contributed by atoms with E-state index in [-0.39, 0.29) is 30.4 Å². The fraction of sp³-hybridized carbons (Fsp3) is 0.979. The van der Waals surface area contributed by atoms with Gasteiger partial charge in [0.05, 0.1) is 31.5 Å². The minimum Gasteiger partial charge on any atom is -0.462 e. The third-order valence-corrected chi connectivity index (χ3v) is 11.1. The normalized spacial score (nSPS) is 20.1. The average Bonchev–Trinajstić information content (AvgIpc) is 3.67. The molecular weight excluding hydrogens is 677 g/mol. The fourth-order valence-corrected chi connectivity index (χ4v) is 7.69. The summed E-state index contributed by atoms with van der Waals surface area (Å²) in [5, 5.41) is 9.96. The Morgan fingerprint density at radius 2 is 0.889 bits per heavy atom. The van der Waals surface area contributed by atoms with Gasteiger partial charge in [0.2, 0.25) is 0 Å². The lowest BCUT2D eigenvalue weighted by molar-refractivity contribution is -0.150. The molecule has 0 aromatic carbocycles. The van der Waals surface area contributed by atoms with Crippen molar-refractivity contribution in [2.75, 3.05) is 13.2 Å². The lowest BCUT2D eigenvalue weighted by Crippen LogP contribution is -2.22. The van der Waals surface area contributed by atoms with Crippen LogP contribution in [0.5, 0.6) is 0 Å². The predicted octanol–water partition coefficient (Wildman–Crippen LogP) is 13.7. The van der Waals surface area contributed by atoms with Crippen molar-refractivity contribution < 1.29 is 33.6 Å². The Bertz CT molecular complexity index is 846. The molecule has 4 atom stereocenters. The van der Waals surface area contributed by atoms with Gasteiger partial charge in [-0.15, -0.1) is 0 Å². The minimum atomic E-state index is -0.454. The summed E-state index contributed by atoms with van der Waals surface area (Å²) < 4.78 is 28.9. The highest BCUT2D eigenvalue weighted by atomic mass is 16.7. The van der Waals surface area contributed by atoms with Gasteiger partial charge in [-0.25, -0.2) is 0 Å². The van der Waals surface area contributed by atoms with Crippen LogP contribution in [0.3, 0.4) is 0 Å². The summed E-state index contributed by atoms with van der Waals surface area (Å²) in [6.07, 6.45) is 37.0. The number of unbranched alkanes of at least 4 members (excludes halogenated alkanes) is 19. The van der Waals surface area contributed by atoms with Crippen molar-refractivity contribution in [1.29, 1.82) is 0 Å². The molecule has 0 radical (unpaired) electrons. The van der Waals surface area contributed by atoms with Crippen molar-refractivity contribution in [3.05, 3.63) is 0 Å². The van der Waals surface area contributed by atoms with E-state index in [2.05, 4.69) is 20.8 Å². The fourth-order valence-electron chi connectivity index (χ4n) is 7.69. The Balaban J connectivity index is 0.000000618. The van der Waals surface area contributed by atoms with E-state index >= 15 is 0 Å². The van der Waals surface area contributed by atoms with Crippen LogP contribution in [-0.4, -0.2) is 60.3 Å². The smallest absolute Gasteiger partial charge is 0.306 e. The van der Waals surface area contributed by atoms with Gasteiger partial charge in [0.1, 0.15) is 6.10 Å². The number of rotatable bonds is 34. The molecule has 0 aliphatic carbocycles. The molecule has 0 saturated carbocycles. The molecule has 2 unspecified atom stereocenters. The maximum atomic E-state index is 12.5. The van der Waals surface area contributed by atoms with Gasteiger partial charge in [-0.3, -0.25) is 4.79 Å². The number of carbonyl (C=O) groups is 1. The van der Waals surface area contributed by atoms with Crippen LogP contribution in [-0.2, 0) is 28.5 Å². The molecule has 2 fully saturated rings. The standard InChI is InChI=1S/C30H58O4.C17H34O3/c1-5-7-9-11-13-14-15-16-18-20-25-29(31)33-27(22-19-17-12-10-8-6-2)23-21-24-28-26-32-30(3,4)34-28;1-4-5-6-7-8-9-11-15(18)12-10-13-16-14-19-17(2,3)20-16/h27-28H,5-26H2,1-4H3;15-16,18H,4-14H2,1-3H3/t27?,28-;15?,16-/m00/s1. The van der Waals surface area contributed by atoms with E-state index < -0.39 is 11.6 Å². The summed E-state index contributed by atoms with van der Waals surface area (Å²) in [6, 6.07) is 0. The van der Waals surface area contributed by atoms with Crippen LogP contribution in [0.25, 0.3) is 0 Å². The van der Waals surface area contributed by atoms with E-state index in [0.29, 0.717) is 19.6 Å². The number of ether oxygens (including phenoxy) is 5. The molecule has 2 saturated heterocycles. The zero-order chi connectivity index (χ0) is 39.8.